The average molecular weight is 528 g/mol. The maximum Gasteiger partial charge on any atom is 0.221 e. The number of thiocarbonyl (C=S) groups is 1. The molecule has 0 aliphatic rings. The number of aromatic nitrogens is 1. The van der Waals surface area contributed by atoms with Gasteiger partial charge in [0.15, 0.2) is 5.69 Å². The quantitative estimate of drug-likeness (QED) is 0.209. The van der Waals surface area contributed by atoms with Crippen molar-refractivity contribution in [2.45, 2.75) is 20.4 Å². The first-order chi connectivity index (χ1) is 15.3. The Morgan fingerprint density at radius 3 is 2.59 bits per heavy atom. The van der Waals surface area contributed by atoms with Gasteiger partial charge >= 0.3 is 0 Å². The highest BCUT2D eigenvalue weighted by molar-refractivity contribution is 9.10. The van der Waals surface area contributed by atoms with Crippen molar-refractivity contribution in [1.29, 1.82) is 0 Å². The van der Waals surface area contributed by atoms with Gasteiger partial charge in [0.1, 0.15) is 0 Å². The molecule has 0 atom stereocenters. The largest absolute Gasteiger partial charge is 0.493 e. The summed E-state index contributed by atoms with van der Waals surface area (Å²) in [5, 5.41) is 24.2. The van der Waals surface area contributed by atoms with Gasteiger partial charge in [-0.25, -0.2) is 0 Å². The highest BCUT2D eigenvalue weighted by Crippen LogP contribution is 2.40. The Hall–Kier alpha value is -2.74. The molecular weight excluding hydrogens is 508 g/mol. The smallest absolute Gasteiger partial charge is 0.221 e. The number of nitrogens with one attached hydrogen (secondary N) is 1. The highest BCUT2D eigenvalue weighted by atomic mass is 79.9. The van der Waals surface area contributed by atoms with Gasteiger partial charge in [-0.05, 0) is 79.2 Å². The van der Waals surface area contributed by atoms with Crippen molar-refractivity contribution in [2.75, 3.05) is 5.32 Å². The Balaban J connectivity index is 1.68. The van der Waals surface area contributed by atoms with Gasteiger partial charge in [0.05, 0.1) is 12.1 Å². The predicted octanol–water partition coefficient (Wildman–Crippen LogP) is 7.91. The second-order valence-electron chi connectivity index (χ2n) is 7.49. The molecule has 0 radical (unpaired) electrons. The number of halogens is 2. The molecular formula is C24H20BrClN4OS. The van der Waals surface area contributed by atoms with Crippen molar-refractivity contribution >= 4 is 67.1 Å². The van der Waals surface area contributed by atoms with E-state index in [0.717, 1.165) is 37.8 Å². The summed E-state index contributed by atoms with van der Waals surface area (Å²) in [4.78, 5) is 0. The Morgan fingerprint density at radius 1 is 1.09 bits per heavy atom. The molecule has 162 valence electrons. The topological polar surface area (TPSA) is 61.9 Å². The van der Waals surface area contributed by atoms with E-state index < -0.39 is 0 Å². The number of azo groups is 1. The molecule has 0 saturated carbocycles. The van der Waals surface area contributed by atoms with Crippen LogP contribution in [0.5, 0.6) is 5.88 Å². The van der Waals surface area contributed by atoms with Gasteiger partial charge in [-0.15, -0.1) is 10.2 Å². The number of nitrogens with zero attached hydrogens (tertiary/aromatic N) is 3. The third-order valence-corrected chi connectivity index (χ3v) is 6.03. The normalized spacial score (nSPS) is 11.4. The third kappa shape index (κ3) is 4.85. The zero-order valence-corrected chi connectivity index (χ0v) is 20.6. The molecule has 8 heteroatoms. The van der Waals surface area contributed by atoms with Crippen LogP contribution in [0.2, 0.25) is 5.02 Å². The van der Waals surface area contributed by atoms with Crippen LogP contribution in [0.1, 0.15) is 16.7 Å². The first-order valence-electron chi connectivity index (χ1n) is 9.87. The lowest BCUT2D eigenvalue weighted by atomic mass is 10.1. The van der Waals surface area contributed by atoms with E-state index in [0.29, 0.717) is 17.3 Å². The molecule has 4 aromatic rings. The fourth-order valence-corrected chi connectivity index (χ4v) is 4.07. The average Bonchev–Trinajstić information content (AvgIpc) is 3.01. The first-order valence-corrected chi connectivity index (χ1v) is 11.4. The first kappa shape index (κ1) is 22.5. The van der Waals surface area contributed by atoms with E-state index >= 15 is 0 Å². The second-order valence-corrected chi connectivity index (χ2v) is 9.23. The standard InChI is InChI=1S/C24H20BrClN4OS/c1-14-3-4-15(2)20(11-14)27-24(32)29-28-22-19-12-17(25)7-10-21(19)30(23(22)31)13-16-5-8-18(26)9-6-16/h3-12,31H,13H2,1-2H3,(H,27,32). The second kappa shape index (κ2) is 9.40. The van der Waals surface area contributed by atoms with Crippen molar-refractivity contribution in [3.8, 4) is 5.88 Å². The van der Waals surface area contributed by atoms with Crippen molar-refractivity contribution in [1.82, 2.24) is 4.57 Å². The fourth-order valence-electron chi connectivity index (χ4n) is 3.43. The number of anilines is 1. The third-order valence-electron chi connectivity index (χ3n) is 5.10. The zero-order valence-electron chi connectivity index (χ0n) is 17.4. The Labute approximate surface area is 204 Å². The molecule has 32 heavy (non-hydrogen) atoms. The maximum absolute atomic E-state index is 11.0. The molecule has 0 unspecified atom stereocenters. The van der Waals surface area contributed by atoms with Gasteiger partial charge in [0, 0.05) is 20.6 Å². The van der Waals surface area contributed by atoms with Crippen LogP contribution in [-0.2, 0) is 6.54 Å². The van der Waals surface area contributed by atoms with E-state index in [1.807, 2.05) is 74.5 Å². The molecule has 1 heterocycles. The maximum atomic E-state index is 11.0. The number of benzene rings is 3. The predicted molar refractivity (Wildman–Crippen MR) is 139 cm³/mol. The summed E-state index contributed by atoms with van der Waals surface area (Å²) in [6.45, 7) is 4.47. The molecule has 0 amide bonds. The summed E-state index contributed by atoms with van der Waals surface area (Å²) < 4.78 is 2.67. The van der Waals surface area contributed by atoms with Gasteiger partial charge in [-0.3, -0.25) is 0 Å². The Morgan fingerprint density at radius 2 is 1.84 bits per heavy atom. The van der Waals surface area contributed by atoms with Gasteiger partial charge in [0.2, 0.25) is 11.0 Å². The van der Waals surface area contributed by atoms with E-state index in [1.54, 1.807) is 4.57 Å². The van der Waals surface area contributed by atoms with E-state index in [1.165, 1.54) is 0 Å². The molecule has 4 rings (SSSR count). The summed E-state index contributed by atoms with van der Waals surface area (Å²) in [7, 11) is 0. The number of fused-ring (bicyclic) bond motifs is 1. The van der Waals surface area contributed by atoms with E-state index in [9.17, 15) is 5.11 Å². The van der Waals surface area contributed by atoms with Gasteiger partial charge < -0.3 is 15.0 Å². The van der Waals surface area contributed by atoms with E-state index in [4.69, 9.17) is 23.8 Å². The summed E-state index contributed by atoms with van der Waals surface area (Å²) in [6, 6.07) is 19.3. The van der Waals surface area contributed by atoms with Crippen molar-refractivity contribution in [3.63, 3.8) is 0 Å². The molecule has 0 fully saturated rings. The van der Waals surface area contributed by atoms with Crippen LogP contribution in [0.25, 0.3) is 10.9 Å². The molecule has 2 N–H and O–H groups in total. The number of aromatic hydroxyl groups is 1. The van der Waals surface area contributed by atoms with Crippen LogP contribution in [0.15, 0.2) is 75.4 Å². The number of aryl methyl sites for hydroxylation is 2. The van der Waals surface area contributed by atoms with Crippen LogP contribution in [0.3, 0.4) is 0 Å². The van der Waals surface area contributed by atoms with Gasteiger partial charge in [-0.2, -0.15) is 0 Å². The molecule has 0 bridgehead atoms. The lowest BCUT2D eigenvalue weighted by Crippen LogP contribution is -2.06. The van der Waals surface area contributed by atoms with Crippen LogP contribution in [0.4, 0.5) is 11.4 Å². The molecule has 0 saturated heterocycles. The monoisotopic (exact) mass is 526 g/mol. The lowest BCUT2D eigenvalue weighted by Gasteiger charge is -2.08. The molecule has 0 aliphatic carbocycles. The highest BCUT2D eigenvalue weighted by Gasteiger charge is 2.17. The van der Waals surface area contributed by atoms with Crippen LogP contribution < -0.4 is 5.32 Å². The van der Waals surface area contributed by atoms with Crippen molar-refractivity contribution in [3.05, 3.63) is 86.8 Å². The van der Waals surface area contributed by atoms with Crippen LogP contribution >= 0.6 is 39.7 Å². The summed E-state index contributed by atoms with van der Waals surface area (Å²) >= 11 is 14.9. The van der Waals surface area contributed by atoms with Crippen molar-refractivity contribution < 1.29 is 5.11 Å². The van der Waals surface area contributed by atoms with Gasteiger partial charge in [-0.1, -0.05) is 51.8 Å². The van der Waals surface area contributed by atoms with Gasteiger partial charge in [0.25, 0.3) is 0 Å². The summed E-state index contributed by atoms with van der Waals surface area (Å²) in [5.41, 5.74) is 5.25. The fraction of sp³-hybridized carbons (Fsp3) is 0.125. The SMILES string of the molecule is Cc1ccc(C)c(NC(=S)N=Nc2c(O)n(Cc3ccc(Cl)cc3)c3ccc(Br)cc23)c1. The van der Waals surface area contributed by atoms with E-state index in [2.05, 4.69) is 31.5 Å². The van der Waals surface area contributed by atoms with Crippen LogP contribution in [-0.4, -0.2) is 14.8 Å². The number of hydrogen-bond donors (Lipinski definition) is 2. The Kier molecular flexibility index (Phi) is 6.60. The molecule has 3 aromatic carbocycles. The molecule has 5 nitrogen and oxygen atoms in total. The van der Waals surface area contributed by atoms with E-state index in [-0.39, 0.29) is 11.0 Å². The zero-order chi connectivity index (χ0) is 22.8. The summed E-state index contributed by atoms with van der Waals surface area (Å²) in [6.07, 6.45) is 0. The minimum absolute atomic E-state index is 0.0198. The lowest BCUT2D eigenvalue weighted by molar-refractivity contribution is 0.429. The molecule has 0 spiro atoms. The van der Waals surface area contributed by atoms with Crippen molar-refractivity contribution in [2.24, 2.45) is 10.2 Å². The minimum atomic E-state index is 0.0198. The molecule has 1 aromatic heterocycles. The number of hydrogen-bond acceptors (Lipinski definition) is 3. The number of rotatable bonds is 4. The molecule has 0 aliphatic heterocycles. The minimum Gasteiger partial charge on any atom is -0.493 e. The Bertz CT molecular complexity index is 1350. The summed E-state index contributed by atoms with van der Waals surface area (Å²) in [5.74, 6) is 0.0198. The van der Waals surface area contributed by atoms with Crippen LogP contribution in [0, 0.1) is 13.8 Å².